The summed E-state index contributed by atoms with van der Waals surface area (Å²) in [7, 11) is -4.35. The summed E-state index contributed by atoms with van der Waals surface area (Å²) in [4.78, 5) is 10.5. The van der Waals surface area contributed by atoms with Gasteiger partial charge in [0.2, 0.25) is 0 Å². The summed E-state index contributed by atoms with van der Waals surface area (Å²) < 4.78 is 62.2. The van der Waals surface area contributed by atoms with Gasteiger partial charge >= 0.3 is 12.1 Å². The number of alkyl halides is 3. The van der Waals surface area contributed by atoms with Crippen molar-refractivity contribution in [3.63, 3.8) is 0 Å². The molecule has 0 heterocycles. The second-order valence-electron chi connectivity index (χ2n) is 4.54. The van der Waals surface area contributed by atoms with Crippen molar-refractivity contribution in [3.8, 4) is 0 Å². The molecule has 0 saturated heterocycles. The zero-order valence-electron chi connectivity index (χ0n) is 11.2. The van der Waals surface area contributed by atoms with Crippen molar-refractivity contribution in [1.29, 1.82) is 0 Å². The Kier molecular flexibility index (Phi) is 5.38. The molecule has 1 rings (SSSR count). The number of halogens is 3. The summed E-state index contributed by atoms with van der Waals surface area (Å²) in [5.41, 5.74) is -1.12. The van der Waals surface area contributed by atoms with Gasteiger partial charge in [0.1, 0.15) is 0 Å². The summed E-state index contributed by atoms with van der Waals surface area (Å²) in [5.74, 6) is -1.55. The van der Waals surface area contributed by atoms with E-state index in [1.165, 1.54) is 0 Å². The Morgan fingerprint density at radius 2 is 1.95 bits per heavy atom. The van der Waals surface area contributed by atoms with E-state index < -0.39 is 37.7 Å². The van der Waals surface area contributed by atoms with Gasteiger partial charge < -0.3 is 5.11 Å². The number of aliphatic carboxylic acids is 1. The third kappa shape index (κ3) is 4.20. The van der Waals surface area contributed by atoms with Crippen molar-refractivity contribution < 1.29 is 31.5 Å². The highest BCUT2D eigenvalue weighted by atomic mass is 32.2. The van der Waals surface area contributed by atoms with E-state index in [9.17, 15) is 26.4 Å². The van der Waals surface area contributed by atoms with Gasteiger partial charge in [-0.2, -0.15) is 13.2 Å². The highest BCUT2D eigenvalue weighted by molar-refractivity contribution is 7.92. The lowest BCUT2D eigenvalue weighted by atomic mass is 10.2. The van der Waals surface area contributed by atoms with Crippen molar-refractivity contribution in [2.45, 2.75) is 42.5 Å². The predicted octanol–water partition coefficient (Wildman–Crippen LogP) is 3.12. The first-order valence-electron chi connectivity index (χ1n) is 6.24. The molecule has 21 heavy (non-hydrogen) atoms. The van der Waals surface area contributed by atoms with Gasteiger partial charge in [0.15, 0.2) is 15.1 Å². The molecule has 4 nitrogen and oxygen atoms in total. The number of carboxylic acid groups (broad SMARTS) is 1. The smallest absolute Gasteiger partial charge is 0.416 e. The fourth-order valence-electron chi connectivity index (χ4n) is 1.81. The molecule has 0 aliphatic carbocycles. The van der Waals surface area contributed by atoms with Crippen LogP contribution >= 0.6 is 0 Å². The molecule has 1 N–H and O–H groups in total. The molecular weight excluding hydrogens is 309 g/mol. The van der Waals surface area contributed by atoms with Crippen molar-refractivity contribution in [1.82, 2.24) is 0 Å². The van der Waals surface area contributed by atoms with Crippen LogP contribution in [0.2, 0.25) is 0 Å². The quantitative estimate of drug-likeness (QED) is 0.873. The maximum absolute atomic E-state index is 12.6. The third-order valence-electron chi connectivity index (χ3n) is 2.96. The average molecular weight is 324 g/mol. The van der Waals surface area contributed by atoms with Crippen LogP contribution in [0.5, 0.6) is 0 Å². The van der Waals surface area contributed by atoms with E-state index in [-0.39, 0.29) is 6.42 Å². The first kappa shape index (κ1) is 17.5. The Hall–Kier alpha value is -1.57. The standard InChI is InChI=1S/C13H15F3O4S/c1-2-3-7-11(12(17)18)21(19,20)10-6-4-5-9(8-10)13(14,15)16/h4-6,8,11H,2-3,7H2,1H3,(H,17,18). The summed E-state index contributed by atoms with van der Waals surface area (Å²) in [6.45, 7) is 1.76. The van der Waals surface area contributed by atoms with Crippen LogP contribution in [0.1, 0.15) is 31.7 Å². The van der Waals surface area contributed by atoms with Crippen LogP contribution in [0.15, 0.2) is 29.2 Å². The van der Waals surface area contributed by atoms with Crippen molar-refractivity contribution >= 4 is 15.8 Å². The molecule has 0 aliphatic rings. The van der Waals surface area contributed by atoms with E-state index in [2.05, 4.69) is 0 Å². The topological polar surface area (TPSA) is 71.4 Å². The van der Waals surface area contributed by atoms with Gasteiger partial charge in [-0.1, -0.05) is 25.8 Å². The van der Waals surface area contributed by atoms with E-state index in [1.807, 2.05) is 0 Å². The van der Waals surface area contributed by atoms with Crippen LogP contribution in [-0.2, 0) is 20.8 Å². The molecule has 0 bridgehead atoms. The normalized spacial score (nSPS) is 13.9. The molecule has 1 aromatic rings. The molecule has 1 atom stereocenters. The number of hydrogen-bond acceptors (Lipinski definition) is 3. The zero-order chi connectivity index (χ0) is 16.3. The molecule has 0 saturated carbocycles. The highest BCUT2D eigenvalue weighted by Crippen LogP contribution is 2.31. The maximum Gasteiger partial charge on any atom is 0.416 e. The lowest BCUT2D eigenvalue weighted by molar-refractivity contribution is -0.138. The van der Waals surface area contributed by atoms with Gasteiger partial charge in [-0.05, 0) is 24.6 Å². The monoisotopic (exact) mass is 324 g/mol. The summed E-state index contributed by atoms with van der Waals surface area (Å²) in [6.07, 6.45) is -3.88. The van der Waals surface area contributed by atoms with Crippen LogP contribution in [0.25, 0.3) is 0 Å². The molecular formula is C13H15F3O4S. The van der Waals surface area contributed by atoms with Crippen LogP contribution < -0.4 is 0 Å². The second-order valence-corrected chi connectivity index (χ2v) is 6.67. The molecule has 1 aromatic carbocycles. The Balaban J connectivity index is 3.25. The van der Waals surface area contributed by atoms with E-state index >= 15 is 0 Å². The third-order valence-corrected chi connectivity index (χ3v) is 5.06. The molecule has 0 aromatic heterocycles. The number of benzene rings is 1. The van der Waals surface area contributed by atoms with Gasteiger partial charge in [0.25, 0.3) is 0 Å². The summed E-state index contributed by atoms with van der Waals surface area (Å²) in [5, 5.41) is 7.29. The van der Waals surface area contributed by atoms with E-state index in [0.717, 1.165) is 18.2 Å². The van der Waals surface area contributed by atoms with Crippen molar-refractivity contribution in [3.05, 3.63) is 29.8 Å². The number of unbranched alkanes of at least 4 members (excludes halogenated alkanes) is 1. The highest BCUT2D eigenvalue weighted by Gasteiger charge is 2.36. The zero-order valence-corrected chi connectivity index (χ0v) is 12.0. The Bertz CT molecular complexity index is 608. The lowest BCUT2D eigenvalue weighted by Gasteiger charge is -2.14. The molecule has 0 radical (unpaired) electrons. The van der Waals surface area contributed by atoms with Gasteiger partial charge in [0.05, 0.1) is 10.5 Å². The second kappa shape index (κ2) is 6.46. The first-order chi connectivity index (χ1) is 9.60. The first-order valence-corrected chi connectivity index (χ1v) is 7.79. The molecule has 0 spiro atoms. The van der Waals surface area contributed by atoms with E-state index in [1.54, 1.807) is 6.92 Å². The van der Waals surface area contributed by atoms with Crippen molar-refractivity contribution in [2.24, 2.45) is 0 Å². The fraction of sp³-hybridized carbons (Fsp3) is 0.462. The lowest BCUT2D eigenvalue weighted by Crippen LogP contribution is -2.30. The Morgan fingerprint density at radius 3 is 2.43 bits per heavy atom. The molecule has 118 valence electrons. The summed E-state index contributed by atoms with van der Waals surface area (Å²) >= 11 is 0. The summed E-state index contributed by atoms with van der Waals surface area (Å²) in [6, 6.07) is 3.14. The van der Waals surface area contributed by atoms with Crippen LogP contribution in [0.3, 0.4) is 0 Å². The number of sulfone groups is 1. The number of rotatable bonds is 6. The maximum atomic E-state index is 12.6. The number of carboxylic acids is 1. The molecule has 8 heteroatoms. The minimum atomic E-state index is -4.69. The van der Waals surface area contributed by atoms with Gasteiger partial charge in [-0.25, -0.2) is 8.42 Å². The average Bonchev–Trinajstić information content (AvgIpc) is 2.37. The van der Waals surface area contributed by atoms with E-state index in [4.69, 9.17) is 5.11 Å². The minimum absolute atomic E-state index is 0.135. The van der Waals surface area contributed by atoms with E-state index in [0.29, 0.717) is 18.9 Å². The van der Waals surface area contributed by atoms with Gasteiger partial charge in [-0.15, -0.1) is 0 Å². The Labute approximate surface area is 120 Å². The van der Waals surface area contributed by atoms with Crippen LogP contribution in [0.4, 0.5) is 13.2 Å². The van der Waals surface area contributed by atoms with Gasteiger partial charge in [0, 0.05) is 0 Å². The molecule has 0 fully saturated rings. The molecule has 1 unspecified atom stereocenters. The Morgan fingerprint density at radius 1 is 1.33 bits per heavy atom. The van der Waals surface area contributed by atoms with Crippen LogP contribution in [-0.4, -0.2) is 24.7 Å². The van der Waals surface area contributed by atoms with Crippen LogP contribution in [0, 0.1) is 0 Å². The fourth-order valence-corrected chi connectivity index (χ4v) is 3.44. The predicted molar refractivity (Wildman–Crippen MR) is 69.6 cm³/mol. The molecule has 0 aliphatic heterocycles. The molecule has 0 amide bonds. The largest absolute Gasteiger partial charge is 0.480 e. The van der Waals surface area contributed by atoms with Gasteiger partial charge in [-0.3, -0.25) is 4.79 Å². The number of carbonyl (C=O) groups is 1. The van der Waals surface area contributed by atoms with Crippen molar-refractivity contribution in [2.75, 3.05) is 0 Å². The number of hydrogen-bond donors (Lipinski definition) is 1. The minimum Gasteiger partial charge on any atom is -0.480 e. The SMILES string of the molecule is CCCCC(C(=O)O)S(=O)(=O)c1cccc(C(F)(F)F)c1.